The molecule has 0 radical (unpaired) electrons. The molecule has 0 aliphatic rings. The number of nitrogens with one attached hydrogen (secondary N) is 1. The highest BCUT2D eigenvalue weighted by Crippen LogP contribution is 2.19. The first-order valence-electron chi connectivity index (χ1n) is 4.36. The number of pyridine rings is 1. The first-order valence-corrected chi connectivity index (χ1v) is 6.25. The Labute approximate surface area is 87.9 Å². The van der Waals surface area contributed by atoms with E-state index in [1.807, 2.05) is 12.1 Å². The van der Waals surface area contributed by atoms with E-state index < -0.39 is 9.84 Å². The molecule has 0 aromatic carbocycles. The molecule has 0 aliphatic heterocycles. The van der Waals surface area contributed by atoms with Gasteiger partial charge in [-0.1, -0.05) is 0 Å². The van der Waals surface area contributed by atoms with Crippen molar-refractivity contribution in [1.82, 2.24) is 9.97 Å². The Kier molecular flexibility index (Phi) is 2.32. The van der Waals surface area contributed by atoms with Gasteiger partial charge in [-0.25, -0.2) is 8.42 Å². The van der Waals surface area contributed by atoms with E-state index in [9.17, 15) is 8.42 Å². The Morgan fingerprint density at radius 1 is 1.33 bits per heavy atom. The van der Waals surface area contributed by atoms with Crippen molar-refractivity contribution in [2.24, 2.45) is 0 Å². The van der Waals surface area contributed by atoms with Crippen LogP contribution >= 0.6 is 0 Å². The van der Waals surface area contributed by atoms with Gasteiger partial charge >= 0.3 is 0 Å². The average Bonchev–Trinajstić information content (AvgIpc) is 2.69. The molecule has 0 amide bonds. The normalized spacial score (nSPS) is 11.5. The monoisotopic (exact) mass is 222 g/mol. The molecule has 0 saturated carbocycles. The van der Waals surface area contributed by atoms with Gasteiger partial charge in [-0.2, -0.15) is 0 Å². The van der Waals surface area contributed by atoms with Crippen LogP contribution < -0.4 is 0 Å². The highest BCUT2D eigenvalue weighted by atomic mass is 32.2. The third kappa shape index (κ3) is 2.07. The molecule has 0 unspecified atom stereocenters. The number of aromatic amines is 1. The van der Waals surface area contributed by atoms with Gasteiger partial charge in [0.1, 0.15) is 0 Å². The second-order valence-corrected chi connectivity index (χ2v) is 5.28. The van der Waals surface area contributed by atoms with Crippen molar-refractivity contribution >= 4 is 9.84 Å². The number of hydrogen-bond donors (Lipinski definition) is 1. The molecule has 4 nitrogen and oxygen atoms in total. The van der Waals surface area contributed by atoms with Gasteiger partial charge in [-0.15, -0.1) is 0 Å². The quantitative estimate of drug-likeness (QED) is 0.837. The van der Waals surface area contributed by atoms with Crippen molar-refractivity contribution in [3.8, 4) is 11.3 Å². The summed E-state index contributed by atoms with van der Waals surface area (Å²) >= 11 is 0. The Hall–Kier alpha value is -1.62. The summed E-state index contributed by atoms with van der Waals surface area (Å²) in [4.78, 5) is 7.14. The SMILES string of the molecule is CS(=O)(=O)c1cncc(-c2ccc[nH]2)c1. The maximum absolute atomic E-state index is 11.3. The molecule has 2 aromatic heterocycles. The minimum atomic E-state index is -3.19. The van der Waals surface area contributed by atoms with Crippen molar-refractivity contribution in [2.75, 3.05) is 6.26 Å². The fraction of sp³-hybridized carbons (Fsp3) is 0.100. The summed E-state index contributed by atoms with van der Waals surface area (Å²) in [6.07, 6.45) is 5.92. The van der Waals surface area contributed by atoms with Gasteiger partial charge < -0.3 is 4.98 Å². The molecule has 5 heteroatoms. The zero-order chi connectivity index (χ0) is 10.9. The zero-order valence-corrected chi connectivity index (χ0v) is 8.95. The standard InChI is InChI=1S/C10H10N2O2S/c1-15(13,14)9-5-8(6-11-7-9)10-3-2-4-12-10/h2-7,12H,1H3. The van der Waals surface area contributed by atoms with E-state index in [-0.39, 0.29) is 4.90 Å². The van der Waals surface area contributed by atoms with Crippen molar-refractivity contribution in [3.05, 3.63) is 36.8 Å². The molecule has 0 atom stereocenters. The van der Waals surface area contributed by atoms with Gasteiger partial charge in [0.25, 0.3) is 0 Å². The van der Waals surface area contributed by atoms with E-state index >= 15 is 0 Å². The van der Waals surface area contributed by atoms with Crippen LogP contribution in [-0.2, 0) is 9.84 Å². The molecule has 15 heavy (non-hydrogen) atoms. The number of sulfone groups is 1. The maximum Gasteiger partial charge on any atom is 0.177 e. The second-order valence-electron chi connectivity index (χ2n) is 3.27. The van der Waals surface area contributed by atoms with E-state index in [0.29, 0.717) is 0 Å². The van der Waals surface area contributed by atoms with Crippen LogP contribution in [0.25, 0.3) is 11.3 Å². The number of aromatic nitrogens is 2. The summed E-state index contributed by atoms with van der Waals surface area (Å²) in [5.74, 6) is 0. The molecule has 2 rings (SSSR count). The Bertz CT molecular complexity index is 559. The fourth-order valence-corrected chi connectivity index (χ4v) is 1.87. The first-order chi connectivity index (χ1) is 7.07. The predicted octanol–water partition coefficient (Wildman–Crippen LogP) is 1.48. The molecule has 0 saturated heterocycles. The summed E-state index contributed by atoms with van der Waals surface area (Å²) in [5, 5.41) is 0. The Morgan fingerprint density at radius 2 is 2.13 bits per heavy atom. The largest absolute Gasteiger partial charge is 0.361 e. The zero-order valence-electron chi connectivity index (χ0n) is 8.14. The van der Waals surface area contributed by atoms with Crippen LogP contribution in [0.5, 0.6) is 0 Å². The smallest absolute Gasteiger partial charge is 0.177 e. The van der Waals surface area contributed by atoms with Gasteiger partial charge in [0.05, 0.1) is 4.90 Å². The lowest BCUT2D eigenvalue weighted by Gasteiger charge is -2.00. The lowest BCUT2D eigenvalue weighted by atomic mass is 10.2. The summed E-state index contributed by atoms with van der Waals surface area (Å²) in [6.45, 7) is 0. The molecule has 0 aliphatic carbocycles. The van der Waals surface area contributed by atoms with Crippen LogP contribution in [0.1, 0.15) is 0 Å². The minimum Gasteiger partial charge on any atom is -0.361 e. The molecule has 1 N–H and O–H groups in total. The second kappa shape index (κ2) is 3.51. The van der Waals surface area contributed by atoms with E-state index in [1.165, 1.54) is 12.5 Å². The maximum atomic E-state index is 11.3. The molecular weight excluding hydrogens is 212 g/mol. The van der Waals surface area contributed by atoms with Crippen LogP contribution in [0.15, 0.2) is 41.7 Å². The molecule has 0 fully saturated rings. The van der Waals surface area contributed by atoms with Gasteiger partial charge in [-0.05, 0) is 18.2 Å². The highest BCUT2D eigenvalue weighted by molar-refractivity contribution is 7.90. The van der Waals surface area contributed by atoms with Gasteiger partial charge in [0, 0.05) is 36.1 Å². The predicted molar refractivity (Wildman–Crippen MR) is 57.1 cm³/mol. The topological polar surface area (TPSA) is 62.8 Å². The van der Waals surface area contributed by atoms with Crippen molar-refractivity contribution in [2.45, 2.75) is 4.90 Å². The van der Waals surface area contributed by atoms with Crippen molar-refractivity contribution in [1.29, 1.82) is 0 Å². The Balaban J connectivity index is 2.53. The third-order valence-corrected chi connectivity index (χ3v) is 3.13. The fourth-order valence-electron chi connectivity index (χ4n) is 1.28. The average molecular weight is 222 g/mol. The van der Waals surface area contributed by atoms with Crippen LogP contribution in [0.4, 0.5) is 0 Å². The van der Waals surface area contributed by atoms with Gasteiger partial charge in [-0.3, -0.25) is 4.98 Å². The van der Waals surface area contributed by atoms with Crippen LogP contribution in [0.3, 0.4) is 0 Å². The minimum absolute atomic E-state index is 0.231. The highest BCUT2D eigenvalue weighted by Gasteiger charge is 2.09. The summed E-state index contributed by atoms with van der Waals surface area (Å²) in [7, 11) is -3.19. The number of rotatable bonds is 2. The van der Waals surface area contributed by atoms with Gasteiger partial charge in [0.15, 0.2) is 9.84 Å². The van der Waals surface area contributed by atoms with E-state index in [4.69, 9.17) is 0 Å². The van der Waals surface area contributed by atoms with Crippen LogP contribution in [0, 0.1) is 0 Å². The first kappa shape index (κ1) is 9.92. The van der Waals surface area contributed by atoms with E-state index in [2.05, 4.69) is 9.97 Å². The molecule has 78 valence electrons. The number of nitrogens with zero attached hydrogens (tertiary/aromatic N) is 1. The number of hydrogen-bond acceptors (Lipinski definition) is 3. The Morgan fingerprint density at radius 3 is 2.73 bits per heavy atom. The third-order valence-electron chi connectivity index (χ3n) is 2.05. The van der Waals surface area contributed by atoms with Crippen molar-refractivity contribution < 1.29 is 8.42 Å². The lowest BCUT2D eigenvalue weighted by molar-refractivity contribution is 0.601. The van der Waals surface area contributed by atoms with Crippen molar-refractivity contribution in [3.63, 3.8) is 0 Å². The summed E-state index contributed by atoms with van der Waals surface area (Å²) < 4.78 is 22.6. The van der Waals surface area contributed by atoms with Gasteiger partial charge in [0.2, 0.25) is 0 Å². The molecule has 2 heterocycles. The number of H-pyrrole nitrogens is 1. The van der Waals surface area contributed by atoms with E-state index in [0.717, 1.165) is 11.3 Å². The van der Waals surface area contributed by atoms with Crippen LogP contribution in [0.2, 0.25) is 0 Å². The molecular formula is C10H10N2O2S. The lowest BCUT2D eigenvalue weighted by Crippen LogP contribution is -1.98. The van der Waals surface area contributed by atoms with E-state index in [1.54, 1.807) is 18.5 Å². The summed E-state index contributed by atoms with van der Waals surface area (Å²) in [5.41, 5.74) is 1.62. The molecule has 0 spiro atoms. The molecule has 2 aromatic rings. The van der Waals surface area contributed by atoms with Crippen LogP contribution in [-0.4, -0.2) is 24.6 Å². The molecule has 0 bridgehead atoms. The summed E-state index contributed by atoms with van der Waals surface area (Å²) in [6, 6.07) is 5.32.